The Morgan fingerprint density at radius 3 is 2.54 bits per heavy atom. The number of rotatable bonds is 1. The number of carbonyl (C=O) groups is 2. The molecule has 132 valence electrons. The molecule has 0 bridgehead atoms. The average molecular weight is 348 g/mol. The lowest BCUT2D eigenvalue weighted by Crippen LogP contribution is -2.46. The topological polar surface area (TPSA) is 76.4 Å². The summed E-state index contributed by atoms with van der Waals surface area (Å²) in [5, 5.41) is 11.4. The van der Waals surface area contributed by atoms with Gasteiger partial charge >= 0.3 is 11.8 Å². The van der Waals surface area contributed by atoms with E-state index in [0.717, 1.165) is 11.3 Å². The van der Waals surface area contributed by atoms with E-state index in [4.69, 9.17) is 5.26 Å². The first-order valence-corrected chi connectivity index (χ1v) is 8.40. The Morgan fingerprint density at radius 1 is 1.15 bits per heavy atom. The number of fused-ring (bicyclic) bond motifs is 1. The molecule has 3 rings (SSSR count). The van der Waals surface area contributed by atoms with Gasteiger partial charge in [0, 0.05) is 37.6 Å². The molecule has 2 aromatic carbocycles. The van der Waals surface area contributed by atoms with Gasteiger partial charge in [-0.15, -0.1) is 0 Å². The number of amides is 2. The van der Waals surface area contributed by atoms with Gasteiger partial charge in [0.1, 0.15) is 0 Å². The highest BCUT2D eigenvalue weighted by Gasteiger charge is 2.30. The van der Waals surface area contributed by atoms with E-state index in [1.165, 1.54) is 0 Å². The van der Waals surface area contributed by atoms with E-state index in [9.17, 15) is 9.59 Å². The summed E-state index contributed by atoms with van der Waals surface area (Å²) in [6, 6.07) is 16.2. The standard InChI is InChI=1S/C20H20N4O2/c1-14-12-23(2)18-6-4-3-5-16(18)13-24(14)20(26)19(25)22-17-9-7-15(11-21)8-10-17/h3-10,14H,12-13H2,1-2H3,(H,22,25)/t14-/m0/s1. The molecule has 26 heavy (non-hydrogen) atoms. The lowest BCUT2D eigenvalue weighted by molar-refractivity contribution is -0.144. The quantitative estimate of drug-likeness (QED) is 0.803. The van der Waals surface area contributed by atoms with Crippen LogP contribution in [-0.4, -0.2) is 36.3 Å². The summed E-state index contributed by atoms with van der Waals surface area (Å²) in [5.74, 6) is -1.24. The summed E-state index contributed by atoms with van der Waals surface area (Å²) >= 11 is 0. The van der Waals surface area contributed by atoms with Gasteiger partial charge in [-0.25, -0.2) is 0 Å². The Labute approximate surface area is 152 Å². The van der Waals surface area contributed by atoms with Crippen LogP contribution in [0.3, 0.4) is 0 Å². The number of para-hydroxylation sites is 1. The smallest absolute Gasteiger partial charge is 0.313 e. The number of carbonyl (C=O) groups excluding carboxylic acids is 2. The maximum atomic E-state index is 12.7. The van der Waals surface area contributed by atoms with Crippen molar-refractivity contribution in [1.82, 2.24) is 4.90 Å². The SMILES string of the molecule is C[C@H]1CN(C)c2ccccc2CN1C(=O)C(=O)Nc1ccc(C#N)cc1. The molecule has 1 aliphatic rings. The lowest BCUT2D eigenvalue weighted by atomic mass is 10.1. The summed E-state index contributed by atoms with van der Waals surface area (Å²) in [6.45, 7) is 2.98. The number of benzene rings is 2. The number of nitrogens with one attached hydrogen (secondary N) is 1. The second-order valence-corrected chi connectivity index (χ2v) is 6.43. The largest absolute Gasteiger partial charge is 0.372 e. The van der Waals surface area contributed by atoms with Crippen LogP contribution in [0.1, 0.15) is 18.1 Å². The number of hydrogen-bond donors (Lipinski definition) is 1. The minimum absolute atomic E-state index is 0.105. The van der Waals surface area contributed by atoms with Gasteiger partial charge in [0.25, 0.3) is 0 Å². The predicted molar refractivity (Wildman–Crippen MR) is 99.5 cm³/mol. The Morgan fingerprint density at radius 2 is 1.85 bits per heavy atom. The molecule has 0 saturated carbocycles. The third-order valence-electron chi connectivity index (χ3n) is 4.54. The Balaban J connectivity index is 1.77. The van der Waals surface area contributed by atoms with Crippen molar-refractivity contribution in [2.45, 2.75) is 19.5 Å². The van der Waals surface area contributed by atoms with Gasteiger partial charge in [-0.2, -0.15) is 5.26 Å². The lowest BCUT2D eigenvalue weighted by Gasteiger charge is -2.28. The summed E-state index contributed by atoms with van der Waals surface area (Å²) in [5.41, 5.74) is 3.07. The van der Waals surface area contributed by atoms with Gasteiger partial charge in [-0.1, -0.05) is 18.2 Å². The van der Waals surface area contributed by atoms with Crippen LogP contribution in [0.2, 0.25) is 0 Å². The average Bonchev–Trinajstić information content (AvgIpc) is 2.78. The van der Waals surface area contributed by atoms with Gasteiger partial charge in [0.2, 0.25) is 0 Å². The van der Waals surface area contributed by atoms with Crippen LogP contribution in [0.5, 0.6) is 0 Å². The highest BCUT2D eigenvalue weighted by atomic mass is 16.2. The number of nitrogens with zero attached hydrogens (tertiary/aromatic N) is 3. The molecule has 1 aliphatic heterocycles. The van der Waals surface area contributed by atoms with Crippen molar-refractivity contribution >= 4 is 23.2 Å². The molecule has 1 atom stereocenters. The van der Waals surface area contributed by atoms with Crippen LogP contribution in [0.15, 0.2) is 48.5 Å². The van der Waals surface area contributed by atoms with E-state index in [2.05, 4.69) is 10.2 Å². The molecule has 0 unspecified atom stereocenters. The van der Waals surface area contributed by atoms with Crippen LogP contribution in [0.4, 0.5) is 11.4 Å². The van der Waals surface area contributed by atoms with E-state index in [1.54, 1.807) is 29.2 Å². The summed E-state index contributed by atoms with van der Waals surface area (Å²) in [7, 11) is 1.99. The van der Waals surface area contributed by atoms with Crippen molar-refractivity contribution in [3.63, 3.8) is 0 Å². The van der Waals surface area contributed by atoms with Crippen molar-refractivity contribution in [2.24, 2.45) is 0 Å². The van der Waals surface area contributed by atoms with Crippen LogP contribution < -0.4 is 10.2 Å². The molecule has 1 N–H and O–H groups in total. The molecule has 2 amide bonds. The highest BCUT2D eigenvalue weighted by molar-refractivity contribution is 6.39. The fourth-order valence-corrected chi connectivity index (χ4v) is 3.16. The normalized spacial score (nSPS) is 16.3. The molecule has 6 nitrogen and oxygen atoms in total. The molecule has 1 heterocycles. The minimum atomic E-state index is -0.677. The molecule has 0 radical (unpaired) electrons. The third-order valence-corrected chi connectivity index (χ3v) is 4.54. The van der Waals surface area contributed by atoms with E-state index < -0.39 is 11.8 Å². The second-order valence-electron chi connectivity index (χ2n) is 6.43. The molecular formula is C20H20N4O2. The van der Waals surface area contributed by atoms with Crippen molar-refractivity contribution in [2.75, 3.05) is 23.8 Å². The molecule has 0 spiro atoms. The fraction of sp³-hybridized carbons (Fsp3) is 0.250. The van der Waals surface area contributed by atoms with Gasteiger partial charge in [-0.3, -0.25) is 9.59 Å². The van der Waals surface area contributed by atoms with Crippen LogP contribution in [0.25, 0.3) is 0 Å². The number of nitriles is 1. The molecule has 0 aliphatic carbocycles. The fourth-order valence-electron chi connectivity index (χ4n) is 3.16. The summed E-state index contributed by atoms with van der Waals surface area (Å²) < 4.78 is 0. The zero-order valence-electron chi connectivity index (χ0n) is 14.8. The molecule has 0 fully saturated rings. The van der Waals surface area contributed by atoms with Gasteiger partial charge in [0.05, 0.1) is 11.6 Å². The van der Waals surface area contributed by atoms with E-state index in [1.807, 2.05) is 44.3 Å². The first-order valence-electron chi connectivity index (χ1n) is 8.40. The van der Waals surface area contributed by atoms with Crippen molar-refractivity contribution in [3.05, 3.63) is 59.7 Å². The zero-order chi connectivity index (χ0) is 18.7. The minimum Gasteiger partial charge on any atom is -0.372 e. The van der Waals surface area contributed by atoms with E-state index in [0.29, 0.717) is 24.3 Å². The van der Waals surface area contributed by atoms with Crippen molar-refractivity contribution in [3.8, 4) is 6.07 Å². The van der Waals surface area contributed by atoms with E-state index in [-0.39, 0.29) is 6.04 Å². The predicted octanol–water partition coefficient (Wildman–Crippen LogP) is 2.36. The molecule has 6 heteroatoms. The maximum absolute atomic E-state index is 12.7. The monoisotopic (exact) mass is 348 g/mol. The molecule has 2 aromatic rings. The van der Waals surface area contributed by atoms with E-state index >= 15 is 0 Å². The Kier molecular flexibility index (Phi) is 4.90. The van der Waals surface area contributed by atoms with Crippen molar-refractivity contribution in [1.29, 1.82) is 5.26 Å². The van der Waals surface area contributed by atoms with Crippen LogP contribution >= 0.6 is 0 Å². The summed E-state index contributed by atoms with van der Waals surface area (Å²) in [6.07, 6.45) is 0. The second kappa shape index (κ2) is 7.28. The molecular weight excluding hydrogens is 328 g/mol. The first kappa shape index (κ1) is 17.5. The highest BCUT2D eigenvalue weighted by Crippen LogP contribution is 2.26. The number of anilines is 2. The maximum Gasteiger partial charge on any atom is 0.313 e. The van der Waals surface area contributed by atoms with Crippen LogP contribution in [0, 0.1) is 11.3 Å². The summed E-state index contributed by atoms with van der Waals surface area (Å²) in [4.78, 5) is 28.9. The first-order chi connectivity index (χ1) is 12.5. The van der Waals surface area contributed by atoms with Crippen LogP contribution in [-0.2, 0) is 16.1 Å². The number of hydrogen-bond acceptors (Lipinski definition) is 4. The molecule has 0 aromatic heterocycles. The molecule has 0 saturated heterocycles. The van der Waals surface area contributed by atoms with Gasteiger partial charge in [0.15, 0.2) is 0 Å². The Bertz CT molecular complexity index is 870. The van der Waals surface area contributed by atoms with Gasteiger partial charge < -0.3 is 15.1 Å². The third kappa shape index (κ3) is 3.52. The van der Waals surface area contributed by atoms with Crippen molar-refractivity contribution < 1.29 is 9.59 Å². The number of likely N-dealkylation sites (N-methyl/N-ethyl adjacent to an activating group) is 1. The zero-order valence-corrected chi connectivity index (χ0v) is 14.8. The van der Waals surface area contributed by atoms with Gasteiger partial charge in [-0.05, 0) is 42.8 Å². The Hall–Kier alpha value is -3.33.